The van der Waals surface area contributed by atoms with Gasteiger partial charge in [0, 0.05) is 18.7 Å². The number of halogens is 1. The maximum Gasteiger partial charge on any atom is 0.233 e. The van der Waals surface area contributed by atoms with Crippen molar-refractivity contribution < 1.29 is 17.5 Å². The van der Waals surface area contributed by atoms with Gasteiger partial charge in [-0.25, -0.2) is 12.8 Å². The summed E-state index contributed by atoms with van der Waals surface area (Å²) in [5, 5.41) is 3.01. The van der Waals surface area contributed by atoms with E-state index < -0.39 is 15.8 Å². The summed E-state index contributed by atoms with van der Waals surface area (Å²) < 4.78 is 44.6. The van der Waals surface area contributed by atoms with Crippen molar-refractivity contribution in [2.24, 2.45) is 0 Å². The minimum atomic E-state index is -3.49. The van der Waals surface area contributed by atoms with E-state index in [9.17, 15) is 12.8 Å². The van der Waals surface area contributed by atoms with Gasteiger partial charge in [0.25, 0.3) is 0 Å². The van der Waals surface area contributed by atoms with E-state index in [0.717, 1.165) is 6.07 Å². The number of ether oxygens (including phenoxy) is 1. The molecule has 0 unspecified atom stereocenters. The Balaban J connectivity index is 2.65. The zero-order valence-corrected chi connectivity index (χ0v) is 12.8. The minimum absolute atomic E-state index is 0.0694. The van der Waals surface area contributed by atoms with Gasteiger partial charge in [0.2, 0.25) is 10.0 Å². The zero-order chi connectivity index (χ0) is 15.2. The molecular formula is C13H21FN2O3S. The predicted molar refractivity (Wildman–Crippen MR) is 78.1 cm³/mol. The Hall–Kier alpha value is -1.34. The molecule has 0 heterocycles. The Morgan fingerprint density at radius 1 is 1.35 bits per heavy atom. The first-order chi connectivity index (χ1) is 9.34. The van der Waals surface area contributed by atoms with E-state index in [1.807, 2.05) is 13.8 Å². The summed E-state index contributed by atoms with van der Waals surface area (Å²) in [7, 11) is -3.49. The molecule has 0 aliphatic heterocycles. The van der Waals surface area contributed by atoms with Crippen LogP contribution in [0.5, 0.6) is 5.75 Å². The lowest BCUT2D eigenvalue weighted by molar-refractivity contribution is 0.321. The molecule has 0 spiro atoms. The van der Waals surface area contributed by atoms with Crippen LogP contribution in [0.4, 0.5) is 10.1 Å². The Labute approximate surface area is 119 Å². The highest BCUT2D eigenvalue weighted by molar-refractivity contribution is 7.92. The van der Waals surface area contributed by atoms with Gasteiger partial charge in [0.1, 0.15) is 0 Å². The van der Waals surface area contributed by atoms with E-state index >= 15 is 0 Å². The summed E-state index contributed by atoms with van der Waals surface area (Å²) in [4.78, 5) is 0. The fourth-order valence-electron chi connectivity index (χ4n) is 1.55. The fourth-order valence-corrected chi connectivity index (χ4v) is 2.52. The molecule has 2 N–H and O–H groups in total. The van der Waals surface area contributed by atoms with Gasteiger partial charge < -0.3 is 10.1 Å². The molecule has 20 heavy (non-hydrogen) atoms. The topological polar surface area (TPSA) is 67.4 Å². The molecule has 0 saturated carbocycles. The largest absolute Gasteiger partial charge is 0.491 e. The number of hydrogen-bond donors (Lipinski definition) is 2. The highest BCUT2D eigenvalue weighted by atomic mass is 32.2. The van der Waals surface area contributed by atoms with Crippen molar-refractivity contribution in [2.75, 3.05) is 23.6 Å². The minimum Gasteiger partial charge on any atom is -0.491 e. The molecule has 0 amide bonds. The number of nitrogens with one attached hydrogen (secondary N) is 2. The van der Waals surface area contributed by atoms with Crippen LogP contribution in [0, 0.1) is 5.82 Å². The summed E-state index contributed by atoms with van der Waals surface area (Å²) in [6.45, 7) is 6.30. The molecule has 1 aromatic carbocycles. The summed E-state index contributed by atoms with van der Waals surface area (Å²) in [6.07, 6.45) is 0. The second-order valence-electron chi connectivity index (χ2n) is 4.61. The third-order valence-corrected chi connectivity index (χ3v) is 3.72. The van der Waals surface area contributed by atoms with Crippen LogP contribution < -0.4 is 14.8 Å². The number of benzene rings is 1. The fraction of sp³-hybridized carbons (Fsp3) is 0.538. The van der Waals surface area contributed by atoms with E-state index in [0.29, 0.717) is 13.2 Å². The van der Waals surface area contributed by atoms with E-state index in [4.69, 9.17) is 4.74 Å². The smallest absolute Gasteiger partial charge is 0.233 e. The molecule has 0 radical (unpaired) electrons. The lowest BCUT2D eigenvalue weighted by Gasteiger charge is -2.11. The Kier molecular flexibility index (Phi) is 6.22. The van der Waals surface area contributed by atoms with Crippen molar-refractivity contribution in [2.45, 2.75) is 26.8 Å². The molecule has 5 nitrogen and oxygen atoms in total. The van der Waals surface area contributed by atoms with Gasteiger partial charge in [0.15, 0.2) is 11.6 Å². The lowest BCUT2D eigenvalue weighted by Crippen LogP contribution is -2.30. The first-order valence-corrected chi connectivity index (χ1v) is 8.15. The van der Waals surface area contributed by atoms with Crippen LogP contribution in [0.25, 0.3) is 0 Å². The highest BCUT2D eigenvalue weighted by Crippen LogP contribution is 2.21. The number of anilines is 1. The van der Waals surface area contributed by atoms with Crippen molar-refractivity contribution in [1.29, 1.82) is 0 Å². The number of hydrogen-bond acceptors (Lipinski definition) is 4. The number of sulfonamides is 1. The maximum atomic E-state index is 13.6. The van der Waals surface area contributed by atoms with Crippen LogP contribution in [-0.2, 0) is 10.0 Å². The molecule has 0 saturated heterocycles. The summed E-state index contributed by atoms with van der Waals surface area (Å²) >= 11 is 0. The second-order valence-corrected chi connectivity index (χ2v) is 6.45. The molecular weight excluding hydrogens is 283 g/mol. The lowest BCUT2D eigenvalue weighted by atomic mass is 10.3. The predicted octanol–water partition coefficient (Wildman–Crippen LogP) is 1.96. The molecule has 1 rings (SSSR count). The van der Waals surface area contributed by atoms with Crippen molar-refractivity contribution in [1.82, 2.24) is 5.32 Å². The summed E-state index contributed by atoms with van der Waals surface area (Å²) in [5.41, 5.74) is 0.190. The Morgan fingerprint density at radius 2 is 2.05 bits per heavy atom. The average Bonchev–Trinajstić information content (AvgIpc) is 2.31. The van der Waals surface area contributed by atoms with Crippen molar-refractivity contribution in [3.8, 4) is 5.75 Å². The molecule has 0 atom stereocenters. The Morgan fingerprint density at radius 3 is 2.60 bits per heavy atom. The van der Waals surface area contributed by atoms with E-state index in [2.05, 4.69) is 10.0 Å². The first-order valence-electron chi connectivity index (χ1n) is 6.50. The third-order valence-electron chi connectivity index (χ3n) is 2.43. The van der Waals surface area contributed by atoms with Gasteiger partial charge in [-0.2, -0.15) is 0 Å². The average molecular weight is 304 g/mol. The van der Waals surface area contributed by atoms with Crippen molar-refractivity contribution >= 4 is 15.7 Å². The Bertz CT molecular complexity index is 532. The highest BCUT2D eigenvalue weighted by Gasteiger charge is 2.12. The van der Waals surface area contributed by atoms with Crippen molar-refractivity contribution in [3.63, 3.8) is 0 Å². The quantitative estimate of drug-likeness (QED) is 0.770. The second kappa shape index (κ2) is 7.44. The van der Waals surface area contributed by atoms with Crippen LogP contribution in [0.15, 0.2) is 18.2 Å². The number of rotatable bonds is 8. The van der Waals surface area contributed by atoms with Crippen LogP contribution in [0.1, 0.15) is 20.8 Å². The van der Waals surface area contributed by atoms with Gasteiger partial charge >= 0.3 is 0 Å². The first kappa shape index (κ1) is 16.7. The van der Waals surface area contributed by atoms with Crippen LogP contribution in [0.3, 0.4) is 0 Å². The normalized spacial score (nSPS) is 11.7. The molecule has 0 aromatic heterocycles. The van der Waals surface area contributed by atoms with Gasteiger partial charge in [-0.05, 0) is 19.1 Å². The zero-order valence-electron chi connectivity index (χ0n) is 11.9. The van der Waals surface area contributed by atoms with Gasteiger partial charge in [-0.15, -0.1) is 0 Å². The van der Waals surface area contributed by atoms with E-state index in [1.54, 1.807) is 6.92 Å². The SMILES string of the molecule is CCOc1ccc(NS(=O)(=O)CCNC(C)C)cc1F. The molecule has 0 fully saturated rings. The molecule has 0 aliphatic carbocycles. The van der Waals surface area contributed by atoms with Crippen molar-refractivity contribution in [3.05, 3.63) is 24.0 Å². The molecule has 0 bridgehead atoms. The molecule has 1 aromatic rings. The van der Waals surface area contributed by atoms with Gasteiger partial charge in [-0.3, -0.25) is 4.72 Å². The van der Waals surface area contributed by atoms with Gasteiger partial charge in [-0.1, -0.05) is 13.8 Å². The molecule has 0 aliphatic rings. The summed E-state index contributed by atoms with van der Waals surface area (Å²) in [5.74, 6) is -0.552. The molecule has 7 heteroatoms. The maximum absolute atomic E-state index is 13.6. The molecule has 114 valence electrons. The van der Waals surface area contributed by atoms with Crippen LogP contribution >= 0.6 is 0 Å². The summed E-state index contributed by atoms with van der Waals surface area (Å²) in [6, 6.07) is 4.20. The van der Waals surface area contributed by atoms with Crippen LogP contribution in [-0.4, -0.2) is 33.4 Å². The van der Waals surface area contributed by atoms with E-state index in [1.165, 1.54) is 12.1 Å². The van der Waals surface area contributed by atoms with E-state index in [-0.39, 0.29) is 23.2 Å². The standard InChI is InChI=1S/C13H21FN2O3S/c1-4-19-13-6-5-11(9-12(13)14)16-20(17,18)8-7-15-10(2)3/h5-6,9-10,15-16H,4,7-8H2,1-3H3. The van der Waals surface area contributed by atoms with Crippen LogP contribution in [0.2, 0.25) is 0 Å². The third kappa shape index (κ3) is 5.75. The monoisotopic (exact) mass is 304 g/mol. The van der Waals surface area contributed by atoms with Gasteiger partial charge in [0.05, 0.1) is 18.0 Å².